The fourth-order valence-electron chi connectivity index (χ4n) is 1.91. The van der Waals surface area contributed by atoms with Gasteiger partial charge in [-0.1, -0.05) is 29.3 Å². The Morgan fingerprint density at radius 1 is 1.45 bits per heavy atom. The van der Waals surface area contributed by atoms with Gasteiger partial charge in [-0.3, -0.25) is 4.79 Å². The Kier molecular flexibility index (Phi) is 6.53. The van der Waals surface area contributed by atoms with Gasteiger partial charge in [0.1, 0.15) is 12.1 Å². The van der Waals surface area contributed by atoms with E-state index in [0.29, 0.717) is 11.3 Å². The minimum Gasteiger partial charge on any atom is -0.373 e. The Morgan fingerprint density at radius 2 is 2.15 bits per heavy atom. The van der Waals surface area contributed by atoms with Crippen LogP contribution in [0, 0.1) is 11.3 Å². The molecule has 0 aromatic heterocycles. The molecule has 1 rings (SSSR count). The van der Waals surface area contributed by atoms with Gasteiger partial charge in [-0.05, 0) is 38.5 Å². The maximum absolute atomic E-state index is 12.0. The first-order valence-electron chi connectivity index (χ1n) is 6.74. The summed E-state index contributed by atoms with van der Waals surface area (Å²) in [5, 5.41) is 15.1. The van der Waals surface area contributed by atoms with Crippen LogP contribution in [0.1, 0.15) is 39.2 Å². The van der Waals surface area contributed by atoms with E-state index in [2.05, 4.69) is 39.6 Å². The van der Waals surface area contributed by atoms with Crippen molar-refractivity contribution < 1.29 is 4.79 Å². The predicted octanol–water partition coefficient (Wildman–Crippen LogP) is 3.43. The first-order valence-corrected chi connectivity index (χ1v) is 7.53. The number of anilines is 1. The second-order valence-corrected chi connectivity index (χ2v) is 5.78. The summed E-state index contributed by atoms with van der Waals surface area (Å²) in [5.74, 6) is -0.0604. The average molecular weight is 338 g/mol. The first-order chi connectivity index (χ1) is 9.47. The Bertz CT molecular complexity index is 510. The molecule has 0 aliphatic carbocycles. The van der Waals surface area contributed by atoms with Crippen molar-refractivity contribution in [1.82, 2.24) is 5.32 Å². The summed E-state index contributed by atoms with van der Waals surface area (Å²) in [6.45, 7) is 5.87. The lowest BCUT2D eigenvalue weighted by atomic mass is 10.1. The van der Waals surface area contributed by atoms with Crippen LogP contribution < -0.4 is 10.6 Å². The number of carbonyl (C=O) groups excluding carboxylic acids is 1. The van der Waals surface area contributed by atoms with Crippen molar-refractivity contribution >= 4 is 27.5 Å². The molecule has 2 unspecified atom stereocenters. The number of nitriles is 1. The molecule has 0 saturated heterocycles. The molecule has 108 valence electrons. The van der Waals surface area contributed by atoms with Gasteiger partial charge in [-0.2, -0.15) is 5.26 Å². The number of nitrogens with zero attached hydrogens (tertiary/aromatic N) is 1. The van der Waals surface area contributed by atoms with Gasteiger partial charge in [-0.25, -0.2) is 0 Å². The smallest absolute Gasteiger partial charge is 0.242 e. The zero-order valence-corrected chi connectivity index (χ0v) is 13.6. The van der Waals surface area contributed by atoms with Crippen molar-refractivity contribution in [2.75, 3.05) is 5.32 Å². The van der Waals surface area contributed by atoms with Crippen LogP contribution in [0.3, 0.4) is 0 Å². The molecule has 0 fully saturated rings. The maximum Gasteiger partial charge on any atom is 0.242 e. The third-order valence-electron chi connectivity index (χ3n) is 2.98. The zero-order chi connectivity index (χ0) is 15.1. The molecular weight excluding hydrogens is 318 g/mol. The van der Waals surface area contributed by atoms with Crippen molar-refractivity contribution in [2.45, 2.75) is 45.7 Å². The van der Waals surface area contributed by atoms with Crippen LogP contribution in [0.15, 0.2) is 22.7 Å². The molecule has 5 heteroatoms. The van der Waals surface area contributed by atoms with Crippen LogP contribution >= 0.6 is 15.9 Å². The van der Waals surface area contributed by atoms with Crippen LogP contribution in [0.4, 0.5) is 5.69 Å². The number of hydrogen-bond donors (Lipinski definition) is 2. The van der Waals surface area contributed by atoms with Crippen molar-refractivity contribution in [2.24, 2.45) is 0 Å². The van der Waals surface area contributed by atoms with Gasteiger partial charge >= 0.3 is 0 Å². The van der Waals surface area contributed by atoms with E-state index in [0.717, 1.165) is 17.3 Å². The molecule has 0 aliphatic heterocycles. The van der Waals surface area contributed by atoms with Gasteiger partial charge in [0.2, 0.25) is 5.91 Å². The van der Waals surface area contributed by atoms with E-state index in [1.807, 2.05) is 6.92 Å². The van der Waals surface area contributed by atoms with Crippen LogP contribution in [0.25, 0.3) is 0 Å². The SMILES string of the molecule is CCCC(C)NC(=O)C(C)Nc1cc(Br)ccc1C#N. The number of carbonyl (C=O) groups is 1. The molecule has 20 heavy (non-hydrogen) atoms. The molecule has 2 N–H and O–H groups in total. The predicted molar refractivity (Wildman–Crippen MR) is 84.5 cm³/mol. The van der Waals surface area contributed by atoms with Gasteiger partial charge in [0, 0.05) is 10.5 Å². The van der Waals surface area contributed by atoms with Gasteiger partial charge < -0.3 is 10.6 Å². The minimum atomic E-state index is -0.393. The van der Waals surface area contributed by atoms with Crippen molar-refractivity contribution in [3.63, 3.8) is 0 Å². The molecular formula is C15H20BrN3O. The Balaban J connectivity index is 2.71. The summed E-state index contributed by atoms with van der Waals surface area (Å²) in [7, 11) is 0. The molecule has 1 aromatic rings. The minimum absolute atomic E-state index is 0.0604. The highest BCUT2D eigenvalue weighted by atomic mass is 79.9. The molecule has 1 aromatic carbocycles. The van der Waals surface area contributed by atoms with Crippen LogP contribution in [-0.2, 0) is 4.79 Å². The van der Waals surface area contributed by atoms with Crippen molar-refractivity contribution in [3.8, 4) is 6.07 Å². The highest BCUT2D eigenvalue weighted by molar-refractivity contribution is 9.10. The summed E-state index contributed by atoms with van der Waals surface area (Å²) >= 11 is 3.36. The first kappa shape index (κ1) is 16.5. The Hall–Kier alpha value is -1.54. The number of benzene rings is 1. The zero-order valence-electron chi connectivity index (χ0n) is 12.0. The monoisotopic (exact) mass is 337 g/mol. The van der Waals surface area contributed by atoms with Crippen LogP contribution in [-0.4, -0.2) is 18.0 Å². The molecule has 1 amide bonds. The second kappa shape index (κ2) is 7.91. The van der Waals surface area contributed by atoms with E-state index < -0.39 is 6.04 Å². The number of amides is 1. The Labute approximate surface area is 128 Å². The molecule has 0 bridgehead atoms. The lowest BCUT2D eigenvalue weighted by Crippen LogP contribution is -2.42. The van der Waals surface area contributed by atoms with E-state index >= 15 is 0 Å². The lowest BCUT2D eigenvalue weighted by Gasteiger charge is -2.19. The van der Waals surface area contributed by atoms with E-state index in [1.54, 1.807) is 25.1 Å². The van der Waals surface area contributed by atoms with Gasteiger partial charge in [0.25, 0.3) is 0 Å². The standard InChI is InChI=1S/C15H20BrN3O/c1-4-5-10(2)18-15(20)11(3)19-14-8-13(16)7-6-12(14)9-17/h6-8,10-11,19H,4-5H2,1-3H3,(H,18,20). The van der Waals surface area contributed by atoms with E-state index in [1.165, 1.54) is 0 Å². The van der Waals surface area contributed by atoms with Gasteiger partial charge in [-0.15, -0.1) is 0 Å². The lowest BCUT2D eigenvalue weighted by molar-refractivity contribution is -0.122. The van der Waals surface area contributed by atoms with Crippen LogP contribution in [0.2, 0.25) is 0 Å². The highest BCUT2D eigenvalue weighted by Crippen LogP contribution is 2.21. The fourth-order valence-corrected chi connectivity index (χ4v) is 2.27. The summed E-state index contributed by atoms with van der Waals surface area (Å²) in [5.41, 5.74) is 1.18. The molecule has 0 spiro atoms. The van der Waals surface area contributed by atoms with Gasteiger partial charge in [0.05, 0.1) is 11.3 Å². The highest BCUT2D eigenvalue weighted by Gasteiger charge is 2.16. The van der Waals surface area contributed by atoms with E-state index in [4.69, 9.17) is 5.26 Å². The number of halogens is 1. The van der Waals surface area contributed by atoms with Crippen molar-refractivity contribution in [1.29, 1.82) is 5.26 Å². The molecule has 0 saturated carbocycles. The molecule has 0 aliphatic rings. The molecule has 0 radical (unpaired) electrons. The number of nitrogens with one attached hydrogen (secondary N) is 2. The molecule has 4 nitrogen and oxygen atoms in total. The topological polar surface area (TPSA) is 64.9 Å². The third kappa shape index (κ3) is 4.86. The molecule has 2 atom stereocenters. The van der Waals surface area contributed by atoms with Crippen molar-refractivity contribution in [3.05, 3.63) is 28.2 Å². The largest absolute Gasteiger partial charge is 0.373 e. The fraction of sp³-hybridized carbons (Fsp3) is 0.467. The quantitative estimate of drug-likeness (QED) is 0.835. The maximum atomic E-state index is 12.0. The normalized spacial score (nSPS) is 13.2. The summed E-state index contributed by atoms with van der Waals surface area (Å²) < 4.78 is 0.867. The summed E-state index contributed by atoms with van der Waals surface area (Å²) in [4.78, 5) is 12.0. The van der Waals surface area contributed by atoms with E-state index in [-0.39, 0.29) is 11.9 Å². The number of hydrogen-bond acceptors (Lipinski definition) is 3. The Morgan fingerprint density at radius 3 is 2.75 bits per heavy atom. The number of rotatable bonds is 6. The second-order valence-electron chi connectivity index (χ2n) is 4.87. The van der Waals surface area contributed by atoms with E-state index in [9.17, 15) is 4.79 Å². The van der Waals surface area contributed by atoms with Crippen LogP contribution in [0.5, 0.6) is 0 Å². The summed E-state index contributed by atoms with van der Waals surface area (Å²) in [6.07, 6.45) is 1.99. The molecule has 0 heterocycles. The third-order valence-corrected chi connectivity index (χ3v) is 3.47. The average Bonchev–Trinajstić information content (AvgIpc) is 2.39. The summed E-state index contributed by atoms with van der Waals surface area (Å²) in [6, 6.07) is 7.21. The van der Waals surface area contributed by atoms with Gasteiger partial charge in [0.15, 0.2) is 0 Å².